The van der Waals surface area contributed by atoms with Gasteiger partial charge in [0.05, 0.1) is 18.0 Å². The first kappa shape index (κ1) is 11.1. The molecule has 2 aromatic rings. The second kappa shape index (κ2) is 4.36. The fourth-order valence-electron chi connectivity index (χ4n) is 1.93. The fourth-order valence-corrected chi connectivity index (χ4v) is 2.31. The lowest BCUT2D eigenvalue weighted by atomic mass is 10.2. The van der Waals surface area contributed by atoms with Gasteiger partial charge in [-0.2, -0.15) is 4.98 Å². The van der Waals surface area contributed by atoms with Gasteiger partial charge in [-0.1, -0.05) is 12.8 Å². The van der Waals surface area contributed by atoms with Crippen LogP contribution in [-0.4, -0.2) is 33.2 Å². The summed E-state index contributed by atoms with van der Waals surface area (Å²) < 4.78 is 6.94. The Labute approximate surface area is 109 Å². The van der Waals surface area contributed by atoms with Crippen molar-refractivity contribution in [3.63, 3.8) is 0 Å². The van der Waals surface area contributed by atoms with Crippen LogP contribution in [0.1, 0.15) is 6.42 Å². The molecule has 0 radical (unpaired) electrons. The minimum Gasteiger partial charge on any atom is -0.379 e. The third-order valence-corrected chi connectivity index (χ3v) is 3.26. The molecule has 0 amide bonds. The van der Waals surface area contributed by atoms with Gasteiger partial charge in [0.2, 0.25) is 5.28 Å². The summed E-state index contributed by atoms with van der Waals surface area (Å²) in [4.78, 5) is 8.36. The van der Waals surface area contributed by atoms with Crippen LogP contribution in [0.4, 0.5) is 5.82 Å². The van der Waals surface area contributed by atoms with E-state index in [4.69, 9.17) is 16.3 Å². The van der Waals surface area contributed by atoms with Gasteiger partial charge in [-0.05, 0) is 24.1 Å². The number of rotatable bonds is 2. The zero-order chi connectivity index (χ0) is 11.8. The standard InChI is InChI=1S/C10H11ClN4OS/c11-10-13-8(12-6-2-4-16-5-6)7-1-3-15(17)9(7)14-10/h1,3,6,17H,2,4-5H2,(H,12,13,14). The lowest BCUT2D eigenvalue weighted by Crippen LogP contribution is -2.20. The molecular weight excluding hydrogens is 260 g/mol. The van der Waals surface area contributed by atoms with E-state index in [0.29, 0.717) is 12.3 Å². The van der Waals surface area contributed by atoms with Crippen molar-refractivity contribution in [2.24, 2.45) is 0 Å². The molecule has 1 N–H and O–H groups in total. The van der Waals surface area contributed by atoms with E-state index in [1.165, 1.54) is 0 Å². The van der Waals surface area contributed by atoms with Crippen LogP contribution in [-0.2, 0) is 4.74 Å². The maximum atomic E-state index is 5.90. The van der Waals surface area contributed by atoms with E-state index in [0.717, 1.165) is 24.2 Å². The van der Waals surface area contributed by atoms with E-state index in [1.807, 2.05) is 12.3 Å². The molecule has 90 valence electrons. The second-order valence-corrected chi connectivity index (χ2v) is 4.71. The molecule has 3 heterocycles. The Hall–Kier alpha value is -0.980. The molecule has 0 aliphatic carbocycles. The number of halogens is 1. The van der Waals surface area contributed by atoms with Crippen LogP contribution in [0.2, 0.25) is 5.28 Å². The molecule has 1 atom stereocenters. The summed E-state index contributed by atoms with van der Waals surface area (Å²) in [7, 11) is 0. The predicted octanol–water partition coefficient (Wildman–Crippen LogP) is 1.98. The number of ether oxygens (including phenoxy) is 1. The van der Waals surface area contributed by atoms with Crippen LogP contribution in [0.3, 0.4) is 0 Å². The third kappa shape index (κ3) is 2.08. The zero-order valence-electron chi connectivity index (χ0n) is 8.93. The lowest BCUT2D eigenvalue weighted by molar-refractivity contribution is 0.195. The average Bonchev–Trinajstić information content (AvgIpc) is 2.90. The van der Waals surface area contributed by atoms with Crippen LogP contribution in [0.25, 0.3) is 11.0 Å². The van der Waals surface area contributed by atoms with E-state index in [2.05, 4.69) is 28.1 Å². The van der Waals surface area contributed by atoms with E-state index in [9.17, 15) is 0 Å². The molecule has 7 heteroatoms. The molecule has 2 aromatic heterocycles. The van der Waals surface area contributed by atoms with Gasteiger partial charge in [0.15, 0.2) is 5.65 Å². The first-order valence-corrected chi connectivity index (χ1v) is 6.10. The van der Waals surface area contributed by atoms with E-state index in [-0.39, 0.29) is 11.3 Å². The summed E-state index contributed by atoms with van der Waals surface area (Å²) in [6, 6.07) is 2.20. The van der Waals surface area contributed by atoms with Gasteiger partial charge in [-0.15, -0.1) is 0 Å². The van der Waals surface area contributed by atoms with Crippen molar-refractivity contribution in [3.8, 4) is 0 Å². The van der Waals surface area contributed by atoms with Crippen LogP contribution in [0, 0.1) is 0 Å². The Kier molecular flexibility index (Phi) is 2.85. The van der Waals surface area contributed by atoms with Crippen molar-refractivity contribution in [1.82, 2.24) is 13.9 Å². The van der Waals surface area contributed by atoms with Gasteiger partial charge in [-0.3, -0.25) is 3.97 Å². The highest BCUT2D eigenvalue weighted by Crippen LogP contribution is 2.25. The Balaban J connectivity index is 2.02. The molecule has 1 aliphatic heterocycles. The van der Waals surface area contributed by atoms with Crippen LogP contribution in [0.15, 0.2) is 12.3 Å². The van der Waals surface area contributed by atoms with Crippen molar-refractivity contribution in [1.29, 1.82) is 0 Å². The zero-order valence-corrected chi connectivity index (χ0v) is 10.6. The minimum atomic E-state index is 0.216. The normalized spacial score (nSPS) is 20.0. The maximum absolute atomic E-state index is 5.90. The predicted molar refractivity (Wildman–Crippen MR) is 69.8 cm³/mol. The summed E-state index contributed by atoms with van der Waals surface area (Å²) in [6.45, 7) is 1.48. The van der Waals surface area contributed by atoms with Crippen LogP contribution >= 0.6 is 24.4 Å². The summed E-state index contributed by atoms with van der Waals surface area (Å²) in [5.74, 6) is 0.739. The molecule has 0 aromatic carbocycles. The van der Waals surface area contributed by atoms with Crippen molar-refractivity contribution >= 4 is 41.3 Å². The van der Waals surface area contributed by atoms with Gasteiger partial charge in [0, 0.05) is 12.8 Å². The number of nitrogens with one attached hydrogen (secondary N) is 1. The molecule has 5 nitrogen and oxygen atoms in total. The number of aromatic nitrogens is 3. The van der Waals surface area contributed by atoms with Gasteiger partial charge < -0.3 is 10.1 Å². The Bertz CT molecular complexity index is 552. The molecule has 0 saturated carbocycles. The molecule has 0 bridgehead atoms. The fraction of sp³-hybridized carbons (Fsp3) is 0.400. The lowest BCUT2D eigenvalue weighted by Gasteiger charge is -2.12. The first-order chi connectivity index (χ1) is 8.24. The number of nitrogens with zero attached hydrogens (tertiary/aromatic N) is 3. The van der Waals surface area contributed by atoms with Gasteiger partial charge >= 0.3 is 0 Å². The van der Waals surface area contributed by atoms with E-state index >= 15 is 0 Å². The highest BCUT2D eigenvalue weighted by atomic mass is 35.5. The minimum absolute atomic E-state index is 0.216. The first-order valence-electron chi connectivity index (χ1n) is 5.32. The monoisotopic (exact) mass is 270 g/mol. The van der Waals surface area contributed by atoms with Gasteiger partial charge in [0.1, 0.15) is 5.82 Å². The molecule has 1 fully saturated rings. The van der Waals surface area contributed by atoms with Crippen molar-refractivity contribution in [2.45, 2.75) is 12.5 Å². The number of hydrogen-bond donors (Lipinski definition) is 2. The van der Waals surface area contributed by atoms with Gasteiger partial charge in [-0.25, -0.2) is 4.98 Å². The molecule has 1 unspecified atom stereocenters. The summed E-state index contributed by atoms with van der Waals surface area (Å²) in [5, 5.41) is 4.46. The number of thiol groups is 1. The molecule has 17 heavy (non-hydrogen) atoms. The van der Waals surface area contributed by atoms with Crippen molar-refractivity contribution in [3.05, 3.63) is 17.5 Å². The summed E-state index contributed by atoms with van der Waals surface area (Å²) >= 11 is 10.2. The second-order valence-electron chi connectivity index (χ2n) is 3.94. The molecule has 0 spiro atoms. The van der Waals surface area contributed by atoms with Gasteiger partial charge in [0.25, 0.3) is 0 Å². The maximum Gasteiger partial charge on any atom is 0.226 e. The Morgan fingerprint density at radius 1 is 1.53 bits per heavy atom. The molecule has 1 saturated heterocycles. The smallest absolute Gasteiger partial charge is 0.226 e. The topological polar surface area (TPSA) is 52.0 Å². The number of anilines is 1. The van der Waals surface area contributed by atoms with Crippen LogP contribution in [0.5, 0.6) is 0 Å². The quantitative estimate of drug-likeness (QED) is 0.647. The van der Waals surface area contributed by atoms with Crippen molar-refractivity contribution < 1.29 is 4.74 Å². The number of fused-ring (bicyclic) bond motifs is 1. The SMILES string of the molecule is Sn1ccc2c(NC3CCOC3)nc(Cl)nc21. The third-order valence-electron chi connectivity index (χ3n) is 2.77. The highest BCUT2D eigenvalue weighted by Gasteiger charge is 2.18. The van der Waals surface area contributed by atoms with Crippen LogP contribution < -0.4 is 5.32 Å². The Morgan fingerprint density at radius 2 is 2.41 bits per heavy atom. The Morgan fingerprint density at radius 3 is 3.18 bits per heavy atom. The summed E-state index contributed by atoms with van der Waals surface area (Å²) in [5.41, 5.74) is 0.703. The molecule has 1 aliphatic rings. The van der Waals surface area contributed by atoms with E-state index in [1.54, 1.807) is 3.97 Å². The molecule has 3 rings (SSSR count). The van der Waals surface area contributed by atoms with E-state index < -0.39 is 0 Å². The largest absolute Gasteiger partial charge is 0.379 e. The highest BCUT2D eigenvalue weighted by molar-refractivity contribution is 7.78. The van der Waals surface area contributed by atoms with Crippen molar-refractivity contribution in [2.75, 3.05) is 18.5 Å². The molecular formula is C10H11ClN4OS. The number of hydrogen-bond acceptors (Lipinski definition) is 5. The average molecular weight is 271 g/mol. The summed E-state index contributed by atoms with van der Waals surface area (Å²) in [6.07, 6.45) is 2.79.